The lowest BCUT2D eigenvalue weighted by atomic mass is 10.1. The van der Waals surface area contributed by atoms with Crippen LogP contribution >= 0.6 is 15.9 Å². The minimum atomic E-state index is -3.78. The summed E-state index contributed by atoms with van der Waals surface area (Å²) in [5.41, 5.74) is 2.47. The zero-order valence-corrected chi connectivity index (χ0v) is 17.0. The number of fused-ring (bicyclic) bond motifs is 3. The van der Waals surface area contributed by atoms with Crippen LogP contribution in [0.3, 0.4) is 0 Å². The van der Waals surface area contributed by atoms with Crippen molar-refractivity contribution < 1.29 is 17.6 Å². The van der Waals surface area contributed by atoms with Gasteiger partial charge in [0.1, 0.15) is 16.9 Å². The third kappa shape index (κ3) is 3.17. The summed E-state index contributed by atoms with van der Waals surface area (Å²) in [6.45, 7) is 1.84. The smallest absolute Gasteiger partial charge is 0.262 e. The summed E-state index contributed by atoms with van der Waals surface area (Å²) >= 11 is 3.38. The van der Waals surface area contributed by atoms with Gasteiger partial charge in [0.05, 0.1) is 17.7 Å². The number of anilines is 1. The van der Waals surface area contributed by atoms with Crippen LogP contribution < -0.4 is 9.46 Å². The largest absolute Gasteiger partial charge is 0.495 e. The Labute approximate surface area is 165 Å². The van der Waals surface area contributed by atoms with Gasteiger partial charge in [-0.2, -0.15) is 0 Å². The number of ether oxygens (including phenoxy) is 1. The van der Waals surface area contributed by atoms with Gasteiger partial charge in [-0.3, -0.25) is 4.72 Å². The first-order valence-electron chi connectivity index (χ1n) is 8.17. The van der Waals surface area contributed by atoms with Crippen molar-refractivity contribution in [3.8, 4) is 5.75 Å². The summed E-state index contributed by atoms with van der Waals surface area (Å²) in [5, 5.41) is 1.81. The van der Waals surface area contributed by atoms with Gasteiger partial charge in [0.2, 0.25) is 0 Å². The van der Waals surface area contributed by atoms with E-state index in [0.717, 1.165) is 26.4 Å². The molecule has 5 nitrogen and oxygen atoms in total. The van der Waals surface area contributed by atoms with E-state index in [9.17, 15) is 8.42 Å². The van der Waals surface area contributed by atoms with Crippen LogP contribution in [0.25, 0.3) is 21.9 Å². The van der Waals surface area contributed by atoms with Crippen LogP contribution in [-0.4, -0.2) is 15.5 Å². The van der Waals surface area contributed by atoms with Gasteiger partial charge < -0.3 is 9.15 Å². The van der Waals surface area contributed by atoms with E-state index in [4.69, 9.17) is 9.15 Å². The fraction of sp³-hybridized carbons (Fsp3) is 0.100. The maximum atomic E-state index is 12.8. The Kier molecular flexibility index (Phi) is 4.36. The summed E-state index contributed by atoms with van der Waals surface area (Å²) in [5.74, 6) is 0.423. The van der Waals surface area contributed by atoms with Crippen molar-refractivity contribution in [2.24, 2.45) is 0 Å². The second-order valence-corrected chi connectivity index (χ2v) is 8.70. The van der Waals surface area contributed by atoms with E-state index >= 15 is 0 Å². The standard InChI is InChI=1S/C20H16BrNO4S/c1-12-9-13(7-8-16(12)21)27(23,24)22-17-11-19-15(10-20(17)25-2)14-5-3-4-6-18(14)26-19/h3-11,22H,1-2H3. The molecule has 4 rings (SSSR count). The summed E-state index contributed by atoms with van der Waals surface area (Å²) < 4.78 is 40.4. The molecule has 0 amide bonds. The number of halogens is 1. The van der Waals surface area contributed by atoms with Crippen LogP contribution in [0, 0.1) is 6.92 Å². The maximum Gasteiger partial charge on any atom is 0.262 e. The molecule has 0 unspecified atom stereocenters. The fourth-order valence-corrected chi connectivity index (χ4v) is 4.38. The molecule has 3 aromatic carbocycles. The number of hydrogen-bond donors (Lipinski definition) is 1. The number of methoxy groups -OCH3 is 1. The van der Waals surface area contributed by atoms with Crippen molar-refractivity contribution in [3.63, 3.8) is 0 Å². The number of para-hydroxylation sites is 1. The molecule has 0 saturated carbocycles. The molecule has 27 heavy (non-hydrogen) atoms. The molecule has 7 heteroatoms. The molecule has 1 heterocycles. The van der Waals surface area contributed by atoms with Gasteiger partial charge in [0.15, 0.2) is 0 Å². The van der Waals surface area contributed by atoms with Crippen molar-refractivity contribution in [2.75, 3.05) is 11.8 Å². The monoisotopic (exact) mass is 445 g/mol. The molecule has 0 bridgehead atoms. The summed E-state index contributed by atoms with van der Waals surface area (Å²) in [7, 11) is -2.27. The fourth-order valence-electron chi connectivity index (χ4n) is 2.99. The Morgan fingerprint density at radius 1 is 1.00 bits per heavy atom. The van der Waals surface area contributed by atoms with Crippen molar-refractivity contribution in [3.05, 3.63) is 64.6 Å². The molecule has 1 aromatic heterocycles. The molecular formula is C20H16BrNO4S. The lowest BCUT2D eigenvalue weighted by Gasteiger charge is -2.12. The van der Waals surface area contributed by atoms with Crippen LogP contribution in [0.5, 0.6) is 5.75 Å². The number of sulfonamides is 1. The highest BCUT2D eigenvalue weighted by molar-refractivity contribution is 9.10. The highest BCUT2D eigenvalue weighted by Crippen LogP contribution is 2.37. The van der Waals surface area contributed by atoms with Gasteiger partial charge in [-0.15, -0.1) is 0 Å². The maximum absolute atomic E-state index is 12.8. The first kappa shape index (κ1) is 17.9. The first-order valence-corrected chi connectivity index (χ1v) is 10.4. The minimum Gasteiger partial charge on any atom is -0.495 e. The van der Waals surface area contributed by atoms with Crippen LogP contribution in [0.2, 0.25) is 0 Å². The van der Waals surface area contributed by atoms with E-state index in [1.165, 1.54) is 7.11 Å². The molecule has 0 aliphatic heterocycles. The summed E-state index contributed by atoms with van der Waals surface area (Å²) in [6.07, 6.45) is 0. The molecule has 0 spiro atoms. The van der Waals surface area contributed by atoms with E-state index in [0.29, 0.717) is 17.0 Å². The molecule has 0 fully saturated rings. The number of aryl methyl sites for hydroxylation is 1. The molecule has 1 N–H and O–H groups in total. The Morgan fingerprint density at radius 3 is 2.52 bits per heavy atom. The zero-order chi connectivity index (χ0) is 19.2. The third-order valence-electron chi connectivity index (χ3n) is 4.38. The van der Waals surface area contributed by atoms with Gasteiger partial charge in [0.25, 0.3) is 10.0 Å². The SMILES string of the molecule is COc1cc2c(cc1NS(=O)(=O)c1ccc(Br)c(C)c1)oc1ccccc12. The van der Waals surface area contributed by atoms with Crippen molar-refractivity contribution >= 4 is 53.6 Å². The third-order valence-corrected chi connectivity index (χ3v) is 6.64. The Morgan fingerprint density at radius 2 is 1.78 bits per heavy atom. The minimum absolute atomic E-state index is 0.176. The lowest BCUT2D eigenvalue weighted by Crippen LogP contribution is -2.13. The Hall–Kier alpha value is -2.51. The number of benzene rings is 3. The van der Waals surface area contributed by atoms with E-state index in [1.54, 1.807) is 30.3 Å². The molecule has 4 aromatic rings. The number of hydrogen-bond acceptors (Lipinski definition) is 4. The highest BCUT2D eigenvalue weighted by Gasteiger charge is 2.19. The van der Waals surface area contributed by atoms with Crippen molar-refractivity contribution in [1.82, 2.24) is 0 Å². The summed E-state index contributed by atoms with van der Waals surface area (Å²) in [4.78, 5) is 0.176. The molecule has 0 saturated heterocycles. The highest BCUT2D eigenvalue weighted by atomic mass is 79.9. The van der Waals surface area contributed by atoms with Crippen LogP contribution in [0.1, 0.15) is 5.56 Å². The molecule has 0 aliphatic rings. The second-order valence-electron chi connectivity index (χ2n) is 6.16. The summed E-state index contributed by atoms with van der Waals surface area (Å²) in [6, 6.07) is 15.9. The number of nitrogens with one attached hydrogen (secondary N) is 1. The van der Waals surface area contributed by atoms with Crippen molar-refractivity contribution in [2.45, 2.75) is 11.8 Å². The van der Waals surface area contributed by atoms with Gasteiger partial charge in [-0.25, -0.2) is 8.42 Å². The Bertz CT molecular complexity index is 1280. The molecule has 0 radical (unpaired) electrons. The average Bonchev–Trinajstić information content (AvgIpc) is 3.00. The van der Waals surface area contributed by atoms with Gasteiger partial charge in [-0.05, 0) is 42.8 Å². The van der Waals surface area contributed by atoms with Crippen LogP contribution in [0.15, 0.2) is 68.4 Å². The first-order chi connectivity index (χ1) is 12.9. The topological polar surface area (TPSA) is 68.5 Å². The molecule has 0 aliphatic carbocycles. The predicted molar refractivity (Wildman–Crippen MR) is 110 cm³/mol. The van der Waals surface area contributed by atoms with E-state index < -0.39 is 10.0 Å². The molecular weight excluding hydrogens is 430 g/mol. The average molecular weight is 446 g/mol. The van der Waals surface area contributed by atoms with Gasteiger partial charge >= 0.3 is 0 Å². The van der Waals surface area contributed by atoms with E-state index in [2.05, 4.69) is 20.7 Å². The van der Waals surface area contributed by atoms with E-state index in [1.807, 2.05) is 31.2 Å². The van der Waals surface area contributed by atoms with Crippen molar-refractivity contribution in [1.29, 1.82) is 0 Å². The zero-order valence-electron chi connectivity index (χ0n) is 14.6. The lowest BCUT2D eigenvalue weighted by molar-refractivity contribution is 0.417. The quantitative estimate of drug-likeness (QED) is 0.452. The second kappa shape index (κ2) is 6.58. The van der Waals surface area contributed by atoms with Crippen LogP contribution in [0.4, 0.5) is 5.69 Å². The number of rotatable bonds is 4. The van der Waals surface area contributed by atoms with Crippen LogP contribution in [-0.2, 0) is 10.0 Å². The van der Waals surface area contributed by atoms with Gasteiger partial charge in [0, 0.05) is 21.3 Å². The van der Waals surface area contributed by atoms with E-state index in [-0.39, 0.29) is 4.90 Å². The Balaban J connectivity index is 1.82. The number of furan rings is 1. The predicted octanol–water partition coefficient (Wildman–Crippen LogP) is 5.47. The van der Waals surface area contributed by atoms with Gasteiger partial charge in [-0.1, -0.05) is 34.1 Å². The molecule has 138 valence electrons. The molecule has 0 atom stereocenters. The normalized spacial score (nSPS) is 11.8.